The third-order valence-electron chi connectivity index (χ3n) is 2.97. The van der Waals surface area contributed by atoms with E-state index in [9.17, 15) is 22.6 Å². The highest BCUT2D eigenvalue weighted by Crippen LogP contribution is 2.37. The van der Waals surface area contributed by atoms with Gasteiger partial charge in [-0.3, -0.25) is 4.57 Å². The van der Waals surface area contributed by atoms with Crippen molar-refractivity contribution >= 4 is 36.5 Å². The Kier molecular flexibility index (Phi) is 5.31. The van der Waals surface area contributed by atoms with Crippen LogP contribution in [0.5, 0.6) is 11.5 Å². The second kappa shape index (κ2) is 6.73. The van der Waals surface area contributed by atoms with Crippen LogP contribution < -0.4 is 10.0 Å². The average Bonchev–Trinajstić information content (AvgIpc) is 2.42. The molecule has 0 bridgehead atoms. The first kappa shape index (κ1) is 18.1. The van der Waals surface area contributed by atoms with E-state index in [1.165, 1.54) is 12.1 Å². The highest BCUT2D eigenvalue weighted by molar-refractivity contribution is 7.47. The zero-order chi connectivity index (χ0) is 17.4. The van der Waals surface area contributed by atoms with E-state index >= 15 is 0 Å². The van der Waals surface area contributed by atoms with E-state index in [0.29, 0.717) is 5.56 Å². The van der Waals surface area contributed by atoms with Gasteiger partial charge in [0.1, 0.15) is 11.5 Å². The average molecular weight is 385 g/mol. The van der Waals surface area contributed by atoms with Crippen molar-refractivity contribution in [2.75, 3.05) is 0 Å². The van der Waals surface area contributed by atoms with E-state index in [1.807, 2.05) is 0 Å². The summed E-state index contributed by atoms with van der Waals surface area (Å²) in [5, 5.41) is -0.118. The number of alkyl halides is 3. The van der Waals surface area contributed by atoms with Gasteiger partial charge < -0.3 is 9.63 Å². The molecule has 9 heteroatoms. The second-order valence-electron chi connectivity index (χ2n) is 4.65. The number of hydrogen-bond acceptors (Lipinski definition) is 2. The van der Waals surface area contributed by atoms with Crippen molar-refractivity contribution in [1.82, 2.24) is 0 Å². The summed E-state index contributed by atoms with van der Waals surface area (Å²) in [6, 6.07) is 5.37. The van der Waals surface area contributed by atoms with Gasteiger partial charge in [-0.05, 0) is 42.8 Å². The fourth-order valence-corrected chi connectivity index (χ4v) is 3.02. The number of benzene rings is 2. The van der Waals surface area contributed by atoms with Gasteiger partial charge in [-0.2, -0.15) is 13.2 Å². The van der Waals surface area contributed by atoms with Crippen LogP contribution in [0.1, 0.15) is 11.1 Å². The van der Waals surface area contributed by atoms with Crippen LogP contribution in [-0.4, -0.2) is 4.89 Å². The van der Waals surface area contributed by atoms with E-state index in [4.69, 9.17) is 27.9 Å². The second-order valence-corrected chi connectivity index (χ2v) is 6.61. The number of ether oxygens (including phenoxy) is 1. The Morgan fingerprint density at radius 2 is 1.74 bits per heavy atom. The first-order chi connectivity index (χ1) is 10.6. The fourth-order valence-electron chi connectivity index (χ4n) is 1.81. The molecule has 1 unspecified atom stereocenters. The molecule has 0 amide bonds. The lowest BCUT2D eigenvalue weighted by Crippen LogP contribution is -2.05. The van der Waals surface area contributed by atoms with E-state index in [2.05, 4.69) is 0 Å². The predicted molar refractivity (Wildman–Crippen MR) is 83.6 cm³/mol. The molecule has 23 heavy (non-hydrogen) atoms. The van der Waals surface area contributed by atoms with Crippen molar-refractivity contribution in [2.45, 2.75) is 13.1 Å². The van der Waals surface area contributed by atoms with Gasteiger partial charge in [0, 0.05) is 0 Å². The van der Waals surface area contributed by atoms with Crippen LogP contribution in [0.2, 0.25) is 10.0 Å². The molecule has 0 saturated heterocycles. The summed E-state index contributed by atoms with van der Waals surface area (Å²) in [5.41, 5.74) is -0.359. The van der Waals surface area contributed by atoms with Gasteiger partial charge in [-0.1, -0.05) is 23.2 Å². The molecule has 0 radical (unpaired) electrons. The van der Waals surface area contributed by atoms with Crippen molar-refractivity contribution in [3.8, 4) is 11.5 Å². The molecule has 0 saturated carbocycles. The topological polar surface area (TPSA) is 46.5 Å². The van der Waals surface area contributed by atoms with E-state index < -0.39 is 19.8 Å². The molecule has 0 aliphatic rings. The normalized spacial score (nSPS) is 13.0. The molecule has 2 rings (SSSR count). The van der Waals surface area contributed by atoms with Gasteiger partial charge in [0.25, 0.3) is 0 Å². The quantitative estimate of drug-likeness (QED) is 0.739. The molecule has 0 fully saturated rings. The maximum absolute atomic E-state index is 12.6. The Bertz CT molecular complexity index is 779. The Hall–Kier alpha value is -1.20. The Labute approximate surface area is 140 Å². The summed E-state index contributed by atoms with van der Waals surface area (Å²) in [4.78, 5) is 9.22. The largest absolute Gasteiger partial charge is 0.456 e. The summed E-state index contributed by atoms with van der Waals surface area (Å²) in [7, 11) is -3.05. The molecule has 1 N–H and O–H groups in total. The highest BCUT2D eigenvalue weighted by Gasteiger charge is 2.31. The highest BCUT2D eigenvalue weighted by atomic mass is 35.5. The molecule has 124 valence electrons. The van der Waals surface area contributed by atoms with E-state index in [-0.39, 0.29) is 26.8 Å². The molecular formula is C14H10Cl2F3O3P. The zero-order valence-corrected chi connectivity index (χ0v) is 14.1. The number of halogens is 5. The van der Waals surface area contributed by atoms with Gasteiger partial charge in [-0.25, -0.2) is 0 Å². The van der Waals surface area contributed by atoms with Gasteiger partial charge in [-0.15, -0.1) is 0 Å². The third-order valence-corrected chi connectivity index (χ3v) is 4.62. The smallest absolute Gasteiger partial charge is 0.416 e. The first-order valence-corrected chi connectivity index (χ1v) is 8.29. The summed E-state index contributed by atoms with van der Waals surface area (Å²) in [5.74, 6) is 0.173. The van der Waals surface area contributed by atoms with Crippen molar-refractivity contribution in [2.24, 2.45) is 0 Å². The molecule has 2 aromatic rings. The molecule has 0 aliphatic heterocycles. The Morgan fingerprint density at radius 1 is 1.09 bits per heavy atom. The maximum atomic E-state index is 12.6. The lowest BCUT2D eigenvalue weighted by molar-refractivity contribution is -0.137. The van der Waals surface area contributed by atoms with E-state index in [0.717, 1.165) is 18.2 Å². The summed E-state index contributed by atoms with van der Waals surface area (Å²) in [6.07, 6.45) is -4.51. The summed E-state index contributed by atoms with van der Waals surface area (Å²) in [6.45, 7) is 1.64. The lowest BCUT2D eigenvalue weighted by atomic mass is 10.2. The van der Waals surface area contributed by atoms with Crippen LogP contribution in [-0.2, 0) is 10.7 Å². The van der Waals surface area contributed by atoms with Crippen molar-refractivity contribution in [3.63, 3.8) is 0 Å². The zero-order valence-electron chi connectivity index (χ0n) is 11.5. The predicted octanol–water partition coefficient (Wildman–Crippen LogP) is 5.21. The van der Waals surface area contributed by atoms with Crippen LogP contribution in [0, 0.1) is 6.92 Å². The number of hydrogen-bond donors (Lipinski definition) is 1. The monoisotopic (exact) mass is 384 g/mol. The van der Waals surface area contributed by atoms with Crippen LogP contribution in [0.3, 0.4) is 0 Å². The van der Waals surface area contributed by atoms with Gasteiger partial charge in [0.05, 0.1) is 20.9 Å². The minimum absolute atomic E-state index is 0.000279. The maximum Gasteiger partial charge on any atom is 0.416 e. The first-order valence-electron chi connectivity index (χ1n) is 6.17. The SMILES string of the molecule is Cc1cc(Cl)c([PH](=O)O)cc1Oc1ccc(C(F)(F)F)cc1Cl. The molecule has 3 nitrogen and oxygen atoms in total. The molecule has 0 aromatic heterocycles. The van der Waals surface area contributed by atoms with Gasteiger partial charge >= 0.3 is 6.18 Å². The van der Waals surface area contributed by atoms with Crippen LogP contribution in [0.25, 0.3) is 0 Å². The van der Waals surface area contributed by atoms with E-state index in [1.54, 1.807) is 6.92 Å². The van der Waals surface area contributed by atoms with Crippen molar-refractivity contribution in [3.05, 3.63) is 51.5 Å². The molecule has 0 heterocycles. The summed E-state index contributed by atoms with van der Waals surface area (Å²) < 4.78 is 54.5. The number of rotatable bonds is 3. The lowest BCUT2D eigenvalue weighted by Gasteiger charge is -2.14. The van der Waals surface area contributed by atoms with Crippen molar-refractivity contribution in [1.29, 1.82) is 0 Å². The van der Waals surface area contributed by atoms with Crippen molar-refractivity contribution < 1.29 is 27.4 Å². The van der Waals surface area contributed by atoms with Crippen LogP contribution in [0.4, 0.5) is 13.2 Å². The van der Waals surface area contributed by atoms with Crippen LogP contribution >= 0.6 is 31.2 Å². The fraction of sp³-hybridized carbons (Fsp3) is 0.143. The third kappa shape index (κ3) is 4.21. The summed E-state index contributed by atoms with van der Waals surface area (Å²) >= 11 is 11.7. The van der Waals surface area contributed by atoms with Crippen LogP contribution in [0.15, 0.2) is 30.3 Å². The molecule has 1 atom stereocenters. The molecular weight excluding hydrogens is 375 g/mol. The molecule has 0 aliphatic carbocycles. The Balaban J connectivity index is 2.40. The van der Waals surface area contributed by atoms with Gasteiger partial charge in [0.2, 0.25) is 8.03 Å². The number of aryl methyl sites for hydroxylation is 1. The minimum Gasteiger partial charge on any atom is -0.456 e. The minimum atomic E-state index is -4.51. The standard InChI is InChI=1S/C14H10Cl2F3O3P/c1-7-4-10(16)13(23(20)21)6-12(7)22-11-3-2-8(5-9(11)15)14(17,18)19/h2-6,23H,1H3,(H,20,21). The molecule has 0 spiro atoms. The van der Waals surface area contributed by atoms with Gasteiger partial charge in [0.15, 0.2) is 0 Å². The molecule has 2 aromatic carbocycles. The Morgan fingerprint density at radius 3 is 2.26 bits per heavy atom.